The van der Waals surface area contributed by atoms with Crippen molar-refractivity contribution in [2.24, 2.45) is 0 Å². The van der Waals surface area contributed by atoms with Gasteiger partial charge in [-0.15, -0.1) is 11.3 Å². The fraction of sp³-hybridized carbons (Fsp3) is 0. The number of aromatic nitrogens is 1. The molecule has 11 heteroatoms. The van der Waals surface area contributed by atoms with Gasteiger partial charge in [-0.25, -0.2) is 9.78 Å². The van der Waals surface area contributed by atoms with Crippen LogP contribution in [-0.4, -0.2) is 9.91 Å². The lowest BCUT2D eigenvalue weighted by atomic mass is 10.1. The molecule has 0 unspecified atom stereocenters. The summed E-state index contributed by atoms with van der Waals surface area (Å²) < 4.78 is 5.28. The van der Waals surface area contributed by atoms with E-state index in [4.69, 9.17) is 27.6 Å². The van der Waals surface area contributed by atoms with E-state index in [0.29, 0.717) is 26.1 Å². The second-order valence-electron chi connectivity index (χ2n) is 6.38. The van der Waals surface area contributed by atoms with Crippen molar-refractivity contribution in [3.05, 3.63) is 89.6 Å². The number of nitro benzene ring substituents is 1. The van der Waals surface area contributed by atoms with Crippen LogP contribution >= 0.6 is 34.5 Å². The SMILES string of the molecule is N#CC(=CNc1cccc(Cl)c1Cl)c1nc(-c2cc3cc([N+](=O)[O-])ccc3oc2=O)cs1. The predicted octanol–water partition coefficient (Wildman–Crippen LogP) is 6.11. The van der Waals surface area contributed by atoms with Crippen LogP contribution in [0, 0.1) is 21.4 Å². The van der Waals surface area contributed by atoms with Gasteiger partial charge < -0.3 is 9.73 Å². The lowest BCUT2D eigenvalue weighted by Gasteiger charge is -2.05. The van der Waals surface area contributed by atoms with Gasteiger partial charge in [-0.05, 0) is 24.3 Å². The van der Waals surface area contributed by atoms with E-state index in [-0.39, 0.29) is 28.1 Å². The average molecular weight is 485 g/mol. The van der Waals surface area contributed by atoms with E-state index in [0.717, 1.165) is 11.3 Å². The smallest absolute Gasteiger partial charge is 0.345 e. The molecule has 0 atom stereocenters. The Morgan fingerprint density at radius 3 is 2.84 bits per heavy atom. The number of non-ortho nitro benzene ring substituents is 1. The minimum atomic E-state index is -0.644. The number of nitrogens with one attached hydrogen (secondary N) is 1. The van der Waals surface area contributed by atoms with E-state index in [2.05, 4.69) is 10.3 Å². The molecule has 0 fully saturated rings. The summed E-state index contributed by atoms with van der Waals surface area (Å²) in [5.41, 5.74) is 0.586. The molecule has 0 aliphatic rings. The number of fused-ring (bicyclic) bond motifs is 1. The minimum absolute atomic E-state index is 0.128. The van der Waals surface area contributed by atoms with Crippen LogP contribution in [-0.2, 0) is 0 Å². The standard InChI is InChI=1S/C21H10Cl2N4O4S/c22-15-2-1-3-16(19(15)23)25-9-12(8-24)20-26-17(10-32-20)14-7-11-6-13(27(29)30)4-5-18(11)31-21(14)28/h1-7,9-10,25H. The number of rotatable bonds is 5. The number of halogens is 2. The largest absolute Gasteiger partial charge is 0.422 e. The zero-order valence-electron chi connectivity index (χ0n) is 15.8. The second-order valence-corrected chi connectivity index (χ2v) is 8.02. The molecule has 32 heavy (non-hydrogen) atoms. The summed E-state index contributed by atoms with van der Waals surface area (Å²) in [5.74, 6) is 0. The van der Waals surface area contributed by atoms with Crippen molar-refractivity contribution in [3.8, 4) is 17.3 Å². The third-order valence-electron chi connectivity index (χ3n) is 4.38. The molecule has 2 aromatic carbocycles. The van der Waals surface area contributed by atoms with Gasteiger partial charge in [0.1, 0.15) is 22.2 Å². The van der Waals surface area contributed by atoms with Crippen molar-refractivity contribution in [1.82, 2.24) is 4.98 Å². The van der Waals surface area contributed by atoms with Crippen LogP contribution in [0.2, 0.25) is 10.0 Å². The maximum Gasteiger partial charge on any atom is 0.345 e. The maximum absolute atomic E-state index is 12.4. The molecule has 4 rings (SSSR count). The molecule has 0 bridgehead atoms. The number of benzene rings is 2. The number of nitro groups is 1. The Bertz CT molecular complexity index is 1500. The lowest BCUT2D eigenvalue weighted by molar-refractivity contribution is -0.384. The van der Waals surface area contributed by atoms with Gasteiger partial charge in [-0.2, -0.15) is 5.26 Å². The summed E-state index contributed by atoms with van der Waals surface area (Å²) in [6.07, 6.45) is 1.44. The van der Waals surface area contributed by atoms with E-state index >= 15 is 0 Å². The van der Waals surface area contributed by atoms with Crippen LogP contribution in [0.3, 0.4) is 0 Å². The van der Waals surface area contributed by atoms with E-state index in [1.165, 1.54) is 30.5 Å². The van der Waals surface area contributed by atoms with E-state index in [9.17, 15) is 20.2 Å². The van der Waals surface area contributed by atoms with Crippen molar-refractivity contribution in [2.45, 2.75) is 0 Å². The molecule has 0 aliphatic carbocycles. The van der Waals surface area contributed by atoms with Gasteiger partial charge in [0.05, 0.1) is 31.9 Å². The third-order valence-corrected chi connectivity index (χ3v) is 6.08. The summed E-state index contributed by atoms with van der Waals surface area (Å²) >= 11 is 13.3. The summed E-state index contributed by atoms with van der Waals surface area (Å²) in [4.78, 5) is 27.3. The Morgan fingerprint density at radius 2 is 2.09 bits per heavy atom. The highest BCUT2D eigenvalue weighted by atomic mass is 35.5. The number of nitrogens with zero attached hydrogens (tertiary/aromatic N) is 3. The molecule has 0 saturated carbocycles. The van der Waals surface area contributed by atoms with Crippen molar-refractivity contribution in [1.29, 1.82) is 5.26 Å². The maximum atomic E-state index is 12.4. The first kappa shape index (κ1) is 21.5. The molecular formula is C21H10Cl2N4O4S. The molecule has 0 aliphatic heterocycles. The van der Waals surface area contributed by atoms with Gasteiger partial charge in [-0.1, -0.05) is 29.3 Å². The van der Waals surface area contributed by atoms with Gasteiger partial charge >= 0.3 is 5.63 Å². The monoisotopic (exact) mass is 484 g/mol. The molecule has 0 amide bonds. The topological polar surface area (TPSA) is 122 Å². The van der Waals surface area contributed by atoms with Crippen LogP contribution in [0.4, 0.5) is 11.4 Å². The van der Waals surface area contributed by atoms with Crippen LogP contribution in [0.5, 0.6) is 0 Å². The molecular weight excluding hydrogens is 475 g/mol. The molecule has 0 radical (unpaired) electrons. The lowest BCUT2D eigenvalue weighted by Crippen LogP contribution is -2.03. The zero-order valence-corrected chi connectivity index (χ0v) is 18.2. The Labute approximate surface area is 194 Å². The van der Waals surface area contributed by atoms with Crippen molar-refractivity contribution in [2.75, 3.05) is 5.32 Å². The van der Waals surface area contributed by atoms with Gasteiger partial charge in [0, 0.05) is 29.1 Å². The summed E-state index contributed by atoms with van der Waals surface area (Å²) in [5, 5.41) is 26.5. The zero-order chi connectivity index (χ0) is 22.8. The fourth-order valence-corrected chi connectivity index (χ4v) is 3.97. The molecule has 2 aromatic heterocycles. The summed E-state index contributed by atoms with van der Waals surface area (Å²) in [6.45, 7) is 0. The van der Waals surface area contributed by atoms with E-state index < -0.39 is 10.5 Å². The predicted molar refractivity (Wildman–Crippen MR) is 124 cm³/mol. The first-order valence-electron chi connectivity index (χ1n) is 8.87. The number of nitriles is 1. The number of hydrogen-bond acceptors (Lipinski definition) is 8. The molecule has 2 heterocycles. The van der Waals surface area contributed by atoms with Crippen molar-refractivity contribution >= 4 is 62.5 Å². The van der Waals surface area contributed by atoms with Crippen molar-refractivity contribution < 1.29 is 9.34 Å². The molecule has 8 nitrogen and oxygen atoms in total. The van der Waals surface area contributed by atoms with Gasteiger partial charge in [0.25, 0.3) is 5.69 Å². The average Bonchev–Trinajstić information content (AvgIpc) is 3.26. The molecule has 1 N–H and O–H groups in total. The number of thiazole rings is 1. The van der Waals surface area contributed by atoms with E-state index in [1.807, 2.05) is 6.07 Å². The second kappa shape index (κ2) is 8.80. The highest BCUT2D eigenvalue weighted by Gasteiger charge is 2.16. The van der Waals surface area contributed by atoms with Gasteiger partial charge in [0.15, 0.2) is 0 Å². The van der Waals surface area contributed by atoms with Gasteiger partial charge in [-0.3, -0.25) is 10.1 Å². The molecule has 158 valence electrons. The fourth-order valence-electron chi connectivity index (χ4n) is 2.83. The Kier molecular flexibility index (Phi) is 5.92. The molecule has 0 spiro atoms. The van der Waals surface area contributed by atoms with Crippen molar-refractivity contribution in [3.63, 3.8) is 0 Å². The normalized spacial score (nSPS) is 11.3. The number of allylic oxidation sites excluding steroid dienone is 1. The van der Waals surface area contributed by atoms with E-state index in [1.54, 1.807) is 23.6 Å². The van der Waals surface area contributed by atoms with Crippen LogP contribution in [0.1, 0.15) is 5.01 Å². The summed E-state index contributed by atoms with van der Waals surface area (Å²) in [7, 11) is 0. The van der Waals surface area contributed by atoms with Crippen LogP contribution in [0.15, 0.2) is 63.3 Å². The first-order chi connectivity index (χ1) is 15.4. The molecule has 4 aromatic rings. The third kappa shape index (κ3) is 4.20. The number of anilines is 1. The Hall–Kier alpha value is -3.71. The highest BCUT2D eigenvalue weighted by molar-refractivity contribution is 7.11. The quantitative estimate of drug-likeness (QED) is 0.157. The Morgan fingerprint density at radius 1 is 1.28 bits per heavy atom. The van der Waals surface area contributed by atoms with Crippen LogP contribution in [0.25, 0.3) is 27.8 Å². The molecule has 0 saturated heterocycles. The minimum Gasteiger partial charge on any atom is -0.422 e. The Balaban J connectivity index is 1.69. The number of hydrogen-bond donors (Lipinski definition) is 1. The highest BCUT2D eigenvalue weighted by Crippen LogP contribution is 2.31. The summed E-state index contributed by atoms with van der Waals surface area (Å²) in [6, 6.07) is 12.5. The van der Waals surface area contributed by atoms with Gasteiger partial charge in [0.2, 0.25) is 0 Å². The van der Waals surface area contributed by atoms with Crippen LogP contribution < -0.4 is 10.9 Å². The first-order valence-corrected chi connectivity index (χ1v) is 10.5.